The molecule has 0 aliphatic carbocycles. The molecule has 1 aromatic rings. The van der Waals surface area contributed by atoms with Crippen LogP contribution in [0.4, 0.5) is 5.69 Å². The van der Waals surface area contributed by atoms with Gasteiger partial charge < -0.3 is 5.11 Å². The number of phenols is 1. The first-order valence-corrected chi connectivity index (χ1v) is 3.65. The third-order valence-electron chi connectivity index (χ3n) is 1.67. The summed E-state index contributed by atoms with van der Waals surface area (Å²) in [7, 11) is 0. The fourth-order valence-corrected chi connectivity index (χ4v) is 0.980. The Kier molecular flexibility index (Phi) is 2.52. The largest absolute Gasteiger partial charge is 0.508 e. The van der Waals surface area contributed by atoms with E-state index in [4.69, 9.17) is 10.4 Å². The SMILES string of the molecule is CCc1cc(N(O)O)ccc1O. The lowest BCUT2D eigenvalue weighted by atomic mass is 10.1. The number of aryl methyl sites for hydroxylation is 1. The smallest absolute Gasteiger partial charge is 0.118 e. The standard InChI is InChI=1S/C8H11NO3/c1-2-6-5-7(9(11)12)3-4-8(6)10/h3-5,10-12H,2H2,1H3. The molecule has 0 fully saturated rings. The molecule has 0 radical (unpaired) electrons. The number of benzene rings is 1. The third-order valence-corrected chi connectivity index (χ3v) is 1.67. The number of rotatable bonds is 2. The number of hydrogen-bond donors (Lipinski definition) is 3. The summed E-state index contributed by atoms with van der Waals surface area (Å²) in [5, 5.41) is 26.5. The average molecular weight is 169 g/mol. The second kappa shape index (κ2) is 3.42. The van der Waals surface area contributed by atoms with E-state index in [1.165, 1.54) is 18.2 Å². The molecule has 0 heterocycles. The van der Waals surface area contributed by atoms with Gasteiger partial charge in [0.2, 0.25) is 0 Å². The Morgan fingerprint density at radius 2 is 2.00 bits per heavy atom. The van der Waals surface area contributed by atoms with Gasteiger partial charge >= 0.3 is 0 Å². The van der Waals surface area contributed by atoms with Crippen LogP contribution in [0.1, 0.15) is 12.5 Å². The Hall–Kier alpha value is -1.26. The minimum absolute atomic E-state index is 0.0264. The zero-order valence-corrected chi connectivity index (χ0v) is 6.73. The van der Waals surface area contributed by atoms with Crippen molar-refractivity contribution in [1.29, 1.82) is 0 Å². The Labute approximate surface area is 70.2 Å². The maximum atomic E-state index is 9.23. The summed E-state index contributed by atoms with van der Waals surface area (Å²) < 4.78 is 0. The van der Waals surface area contributed by atoms with Gasteiger partial charge in [-0.2, -0.15) is 0 Å². The highest BCUT2D eigenvalue weighted by molar-refractivity contribution is 5.49. The fourth-order valence-electron chi connectivity index (χ4n) is 0.980. The number of hydrogen-bond acceptors (Lipinski definition) is 4. The minimum Gasteiger partial charge on any atom is -0.508 e. The van der Waals surface area contributed by atoms with Crippen LogP contribution in [0.5, 0.6) is 5.75 Å². The molecule has 0 aromatic heterocycles. The van der Waals surface area contributed by atoms with Crippen LogP contribution >= 0.6 is 0 Å². The summed E-state index contributed by atoms with van der Waals surface area (Å²) in [5.41, 5.74) is 0.922. The molecule has 1 rings (SSSR count). The summed E-state index contributed by atoms with van der Waals surface area (Å²) in [5.74, 6) is 0.170. The topological polar surface area (TPSA) is 63.9 Å². The lowest BCUT2D eigenvalue weighted by Gasteiger charge is -2.09. The van der Waals surface area contributed by atoms with Crippen molar-refractivity contribution in [2.45, 2.75) is 13.3 Å². The van der Waals surface area contributed by atoms with Crippen molar-refractivity contribution in [2.75, 3.05) is 5.23 Å². The van der Waals surface area contributed by atoms with Crippen LogP contribution in [0.2, 0.25) is 0 Å². The van der Waals surface area contributed by atoms with E-state index in [9.17, 15) is 5.11 Å². The van der Waals surface area contributed by atoms with Crippen LogP contribution in [0, 0.1) is 0 Å². The van der Waals surface area contributed by atoms with E-state index in [1.807, 2.05) is 6.92 Å². The number of nitrogens with zero attached hydrogens (tertiary/aromatic N) is 1. The quantitative estimate of drug-likeness (QED) is 0.587. The van der Waals surface area contributed by atoms with Crippen molar-refractivity contribution in [2.24, 2.45) is 0 Å². The molecule has 0 amide bonds. The van der Waals surface area contributed by atoms with E-state index in [0.717, 1.165) is 0 Å². The Morgan fingerprint density at radius 3 is 2.50 bits per heavy atom. The molecule has 0 saturated heterocycles. The molecular weight excluding hydrogens is 158 g/mol. The van der Waals surface area contributed by atoms with Gasteiger partial charge in [-0.15, -0.1) is 5.23 Å². The van der Waals surface area contributed by atoms with Crippen LogP contribution in [-0.2, 0) is 6.42 Å². The summed E-state index contributed by atoms with van der Waals surface area (Å²) in [6.45, 7) is 1.87. The molecule has 12 heavy (non-hydrogen) atoms. The van der Waals surface area contributed by atoms with E-state index in [1.54, 1.807) is 0 Å². The fraction of sp³-hybridized carbons (Fsp3) is 0.250. The first kappa shape index (κ1) is 8.83. The third kappa shape index (κ3) is 1.66. The Balaban J connectivity index is 3.05. The maximum Gasteiger partial charge on any atom is 0.118 e. The number of anilines is 1. The van der Waals surface area contributed by atoms with E-state index in [0.29, 0.717) is 12.0 Å². The normalized spacial score (nSPS) is 9.92. The molecule has 4 nitrogen and oxygen atoms in total. The molecule has 0 spiro atoms. The van der Waals surface area contributed by atoms with Gasteiger partial charge in [0.05, 0.1) is 5.69 Å². The summed E-state index contributed by atoms with van der Waals surface area (Å²) >= 11 is 0. The summed E-state index contributed by atoms with van der Waals surface area (Å²) in [6, 6.07) is 4.34. The highest BCUT2D eigenvalue weighted by Crippen LogP contribution is 2.22. The lowest BCUT2D eigenvalue weighted by molar-refractivity contribution is 0.0291. The molecule has 0 saturated carbocycles. The number of phenolic OH excluding ortho intramolecular Hbond substituents is 1. The van der Waals surface area contributed by atoms with Crippen molar-refractivity contribution in [3.63, 3.8) is 0 Å². The molecule has 0 bridgehead atoms. The van der Waals surface area contributed by atoms with Crippen LogP contribution in [0.25, 0.3) is 0 Å². The van der Waals surface area contributed by atoms with Crippen molar-refractivity contribution in [3.8, 4) is 5.75 Å². The van der Waals surface area contributed by atoms with Crippen LogP contribution in [0.3, 0.4) is 0 Å². The highest BCUT2D eigenvalue weighted by atomic mass is 16.8. The van der Waals surface area contributed by atoms with Crippen molar-refractivity contribution < 1.29 is 15.5 Å². The first-order valence-electron chi connectivity index (χ1n) is 3.65. The van der Waals surface area contributed by atoms with E-state index in [2.05, 4.69) is 0 Å². The van der Waals surface area contributed by atoms with Crippen LogP contribution in [0.15, 0.2) is 18.2 Å². The molecule has 3 N–H and O–H groups in total. The maximum absolute atomic E-state index is 9.23. The number of aromatic hydroxyl groups is 1. The molecule has 0 unspecified atom stereocenters. The summed E-state index contributed by atoms with van der Waals surface area (Å²) in [6.07, 6.45) is 0.646. The van der Waals surface area contributed by atoms with Crippen molar-refractivity contribution in [1.82, 2.24) is 0 Å². The van der Waals surface area contributed by atoms with E-state index in [-0.39, 0.29) is 16.7 Å². The van der Waals surface area contributed by atoms with Crippen LogP contribution < -0.4 is 5.23 Å². The molecule has 0 aliphatic rings. The predicted molar refractivity (Wildman–Crippen MR) is 43.5 cm³/mol. The van der Waals surface area contributed by atoms with Gasteiger partial charge in [0, 0.05) is 0 Å². The van der Waals surface area contributed by atoms with Gasteiger partial charge in [-0.25, -0.2) is 0 Å². The zero-order chi connectivity index (χ0) is 9.14. The van der Waals surface area contributed by atoms with Gasteiger partial charge in [-0.05, 0) is 30.2 Å². The Morgan fingerprint density at radius 1 is 1.33 bits per heavy atom. The molecule has 66 valence electrons. The lowest BCUT2D eigenvalue weighted by Crippen LogP contribution is -2.10. The first-order chi connectivity index (χ1) is 5.65. The zero-order valence-electron chi connectivity index (χ0n) is 6.73. The monoisotopic (exact) mass is 169 g/mol. The molecule has 0 aliphatic heterocycles. The minimum atomic E-state index is 0.0264. The summed E-state index contributed by atoms with van der Waals surface area (Å²) in [4.78, 5) is 0. The van der Waals surface area contributed by atoms with Crippen LogP contribution in [-0.4, -0.2) is 15.5 Å². The molecule has 0 atom stereocenters. The molecule has 1 aromatic carbocycles. The second-order valence-electron chi connectivity index (χ2n) is 2.46. The molecular formula is C8H11NO3. The van der Waals surface area contributed by atoms with Gasteiger partial charge in [-0.1, -0.05) is 6.92 Å². The van der Waals surface area contributed by atoms with Gasteiger partial charge in [0.15, 0.2) is 0 Å². The second-order valence-corrected chi connectivity index (χ2v) is 2.46. The van der Waals surface area contributed by atoms with Gasteiger partial charge in [-0.3, -0.25) is 10.4 Å². The van der Waals surface area contributed by atoms with Gasteiger partial charge in [0.25, 0.3) is 0 Å². The van der Waals surface area contributed by atoms with Crippen molar-refractivity contribution in [3.05, 3.63) is 23.8 Å². The van der Waals surface area contributed by atoms with E-state index < -0.39 is 0 Å². The average Bonchev–Trinajstić information content (AvgIpc) is 2.05. The molecule has 4 heteroatoms. The predicted octanol–water partition coefficient (Wildman–Crippen LogP) is 1.54. The highest BCUT2D eigenvalue weighted by Gasteiger charge is 2.03. The van der Waals surface area contributed by atoms with Crippen molar-refractivity contribution >= 4 is 5.69 Å². The van der Waals surface area contributed by atoms with Gasteiger partial charge in [0.1, 0.15) is 5.75 Å². The van der Waals surface area contributed by atoms with E-state index >= 15 is 0 Å². The Bertz CT molecular complexity index is 273.